The minimum Gasteiger partial charge on any atom is -0.370 e. The van der Waals surface area contributed by atoms with Gasteiger partial charge in [-0.25, -0.2) is 4.79 Å². The molecule has 0 fully saturated rings. The molecule has 0 rings (SSSR count). The molecule has 1 amide bonds. The molecule has 0 unspecified atom stereocenters. The Morgan fingerprint density at radius 2 is 2.07 bits per heavy atom. The summed E-state index contributed by atoms with van der Waals surface area (Å²) in [5, 5.41) is 9.99. The van der Waals surface area contributed by atoms with Crippen molar-refractivity contribution in [3.05, 3.63) is 10.1 Å². The van der Waals surface area contributed by atoms with Gasteiger partial charge in [-0.15, -0.1) is 0 Å². The van der Waals surface area contributed by atoms with Gasteiger partial charge < -0.3 is 17.2 Å². The number of amides is 1. The Balaban J connectivity index is 3.75. The van der Waals surface area contributed by atoms with E-state index in [-0.39, 0.29) is 12.4 Å². The Hall–Kier alpha value is -1.70. The van der Waals surface area contributed by atoms with Crippen molar-refractivity contribution in [3.8, 4) is 0 Å². The lowest BCUT2D eigenvalue weighted by Crippen LogP contribution is -2.35. The molecule has 0 spiro atoms. The zero-order chi connectivity index (χ0) is 11.1. The van der Waals surface area contributed by atoms with Crippen molar-refractivity contribution in [2.45, 2.75) is 18.9 Å². The fourth-order valence-electron chi connectivity index (χ4n) is 0.778. The van der Waals surface area contributed by atoms with Crippen LogP contribution in [0.25, 0.3) is 0 Å². The maximum absolute atomic E-state index is 10.7. The fourth-order valence-corrected chi connectivity index (χ4v) is 0.778. The lowest BCUT2D eigenvalue weighted by molar-refractivity contribution is -0.403. The molecule has 0 aliphatic heterocycles. The number of nitrogens with zero attached hydrogens (tertiary/aromatic N) is 2. The van der Waals surface area contributed by atoms with Crippen LogP contribution in [-0.2, 0) is 4.79 Å². The molecule has 14 heavy (non-hydrogen) atoms. The first kappa shape index (κ1) is 12.3. The zero-order valence-electron chi connectivity index (χ0n) is 7.55. The number of carbonyl (C=O) groups excluding carboxylic acids is 1. The van der Waals surface area contributed by atoms with Crippen LogP contribution in [0.3, 0.4) is 0 Å². The summed E-state index contributed by atoms with van der Waals surface area (Å²) in [5.74, 6) is -1.24. The number of carbonyl (C=O) groups is 1. The molecule has 0 heterocycles. The Morgan fingerprint density at radius 1 is 1.50 bits per heavy atom. The number of nitrogens with two attached hydrogens (primary N) is 3. The summed E-state index contributed by atoms with van der Waals surface area (Å²) in [5.41, 5.74) is 15.3. The Bertz CT molecular complexity index is 248. The van der Waals surface area contributed by atoms with Gasteiger partial charge in [-0.3, -0.25) is 15.1 Å². The van der Waals surface area contributed by atoms with Gasteiger partial charge in [0.2, 0.25) is 0 Å². The summed E-state index contributed by atoms with van der Waals surface area (Å²) < 4.78 is 0. The highest BCUT2D eigenvalue weighted by atomic mass is 16.6. The summed E-state index contributed by atoms with van der Waals surface area (Å²) in [6.07, 6.45) is 0.620. The quantitative estimate of drug-likeness (QED) is 0.157. The molecule has 8 heteroatoms. The van der Waals surface area contributed by atoms with Gasteiger partial charge in [-0.05, 0) is 12.8 Å². The Morgan fingerprint density at radius 3 is 2.50 bits per heavy atom. The van der Waals surface area contributed by atoms with Crippen LogP contribution < -0.4 is 17.2 Å². The Labute approximate surface area is 80.3 Å². The molecule has 0 bridgehead atoms. The standard InChI is InChI=1S/C6H13N5O3/c7-4(5(12)11(13)14)2-1-3-10-6(8)9/h4H,1-3,7H2,(H4,8,9,10)/t4-/m0/s1. The molecule has 0 saturated carbocycles. The highest BCUT2D eigenvalue weighted by molar-refractivity contribution is 5.75. The number of hydrogen-bond donors (Lipinski definition) is 3. The van der Waals surface area contributed by atoms with E-state index in [4.69, 9.17) is 17.2 Å². The molecule has 0 aromatic heterocycles. The van der Waals surface area contributed by atoms with Crippen molar-refractivity contribution in [1.82, 2.24) is 0 Å². The minimum absolute atomic E-state index is 0.0563. The van der Waals surface area contributed by atoms with E-state index in [9.17, 15) is 14.9 Å². The molecule has 0 aliphatic rings. The van der Waals surface area contributed by atoms with Gasteiger partial charge in [0, 0.05) is 6.54 Å². The smallest absolute Gasteiger partial charge is 0.370 e. The van der Waals surface area contributed by atoms with Gasteiger partial charge in [-0.1, -0.05) is 0 Å². The second-order valence-corrected chi connectivity index (χ2v) is 2.65. The highest BCUT2D eigenvalue weighted by Crippen LogP contribution is 1.96. The number of rotatable bonds is 5. The maximum atomic E-state index is 10.7. The van der Waals surface area contributed by atoms with Gasteiger partial charge in [-0.2, -0.15) is 0 Å². The third-order valence-corrected chi connectivity index (χ3v) is 1.46. The predicted octanol–water partition coefficient (Wildman–Crippen LogP) is -1.83. The van der Waals surface area contributed by atoms with Gasteiger partial charge >= 0.3 is 5.91 Å². The van der Waals surface area contributed by atoms with Crippen LogP contribution in [-0.4, -0.2) is 29.4 Å². The molecule has 80 valence electrons. The summed E-state index contributed by atoms with van der Waals surface area (Å²) in [6, 6.07) is -1.08. The molecule has 6 N–H and O–H groups in total. The first-order chi connectivity index (χ1) is 6.45. The van der Waals surface area contributed by atoms with E-state index in [1.54, 1.807) is 0 Å². The van der Waals surface area contributed by atoms with E-state index >= 15 is 0 Å². The highest BCUT2D eigenvalue weighted by Gasteiger charge is 2.24. The average molecular weight is 203 g/mol. The van der Waals surface area contributed by atoms with Gasteiger partial charge in [0.05, 0.1) is 0 Å². The fraction of sp³-hybridized carbons (Fsp3) is 0.667. The van der Waals surface area contributed by atoms with E-state index < -0.39 is 16.9 Å². The van der Waals surface area contributed by atoms with Crippen molar-refractivity contribution in [2.75, 3.05) is 6.54 Å². The molecule has 0 radical (unpaired) electrons. The molecular formula is C6H13N5O3. The molecular weight excluding hydrogens is 190 g/mol. The minimum atomic E-state index is -1.19. The summed E-state index contributed by atoms with van der Waals surface area (Å²) in [6.45, 7) is 0.307. The normalized spacial score (nSPS) is 11.8. The largest absolute Gasteiger partial charge is 0.461 e. The zero-order valence-corrected chi connectivity index (χ0v) is 7.55. The number of aliphatic imine (C=N–C) groups is 1. The Kier molecular flexibility index (Phi) is 5.15. The SMILES string of the molecule is NC(N)=NCCC[C@H](N)C(=O)[N+](=O)[O-]. The van der Waals surface area contributed by atoms with E-state index in [0.29, 0.717) is 13.0 Å². The molecule has 0 aromatic rings. The van der Waals surface area contributed by atoms with Gasteiger partial charge in [0.15, 0.2) is 5.96 Å². The summed E-state index contributed by atoms with van der Waals surface area (Å²) in [4.78, 5) is 23.3. The molecule has 0 aliphatic carbocycles. The van der Waals surface area contributed by atoms with Crippen molar-refractivity contribution in [3.63, 3.8) is 0 Å². The lowest BCUT2D eigenvalue weighted by Gasteiger charge is -2.02. The second kappa shape index (κ2) is 5.86. The van der Waals surface area contributed by atoms with Crippen LogP contribution in [0.5, 0.6) is 0 Å². The van der Waals surface area contributed by atoms with E-state index in [0.717, 1.165) is 0 Å². The number of guanidine groups is 1. The van der Waals surface area contributed by atoms with Crippen LogP contribution in [0.2, 0.25) is 0 Å². The van der Waals surface area contributed by atoms with E-state index in [2.05, 4.69) is 4.99 Å². The third kappa shape index (κ3) is 5.04. The lowest BCUT2D eigenvalue weighted by atomic mass is 10.1. The first-order valence-corrected chi connectivity index (χ1v) is 3.94. The van der Waals surface area contributed by atoms with Gasteiger partial charge in [0.1, 0.15) is 11.0 Å². The van der Waals surface area contributed by atoms with Crippen LogP contribution >= 0.6 is 0 Å². The van der Waals surface area contributed by atoms with Crippen LogP contribution in [0.4, 0.5) is 0 Å². The van der Waals surface area contributed by atoms with Crippen molar-refractivity contribution < 1.29 is 9.72 Å². The van der Waals surface area contributed by atoms with Crippen LogP contribution in [0.15, 0.2) is 4.99 Å². The summed E-state index contributed by atoms with van der Waals surface area (Å²) >= 11 is 0. The summed E-state index contributed by atoms with van der Waals surface area (Å²) in [7, 11) is 0. The molecule has 8 nitrogen and oxygen atoms in total. The van der Waals surface area contributed by atoms with Crippen molar-refractivity contribution in [2.24, 2.45) is 22.2 Å². The first-order valence-electron chi connectivity index (χ1n) is 3.94. The van der Waals surface area contributed by atoms with E-state index in [1.165, 1.54) is 0 Å². The molecule has 0 saturated heterocycles. The van der Waals surface area contributed by atoms with Crippen molar-refractivity contribution in [1.29, 1.82) is 0 Å². The number of hydrogen-bond acceptors (Lipinski definition) is 5. The number of nitro groups is 1. The second-order valence-electron chi connectivity index (χ2n) is 2.65. The average Bonchev–Trinajstić information content (AvgIpc) is 2.10. The van der Waals surface area contributed by atoms with Crippen LogP contribution in [0, 0.1) is 10.1 Å². The third-order valence-electron chi connectivity index (χ3n) is 1.46. The van der Waals surface area contributed by atoms with Gasteiger partial charge in [0.25, 0.3) is 0 Å². The van der Waals surface area contributed by atoms with E-state index in [1.807, 2.05) is 0 Å². The maximum Gasteiger partial charge on any atom is 0.461 e. The monoisotopic (exact) mass is 203 g/mol. The molecule has 1 atom stereocenters. The topological polar surface area (TPSA) is 151 Å². The predicted molar refractivity (Wildman–Crippen MR) is 49.9 cm³/mol. The van der Waals surface area contributed by atoms with Crippen LogP contribution in [0.1, 0.15) is 12.8 Å². The van der Waals surface area contributed by atoms with Crippen molar-refractivity contribution >= 4 is 11.9 Å². The molecule has 0 aromatic carbocycles.